The lowest BCUT2D eigenvalue weighted by Crippen LogP contribution is -2.53. The Bertz CT molecular complexity index is 927. The molecule has 0 saturated carbocycles. The van der Waals surface area contributed by atoms with Gasteiger partial charge < -0.3 is 24.6 Å². The summed E-state index contributed by atoms with van der Waals surface area (Å²) < 4.78 is 53.1. The molecular weight excluding hydrogens is 463 g/mol. The van der Waals surface area contributed by atoms with E-state index in [1.165, 1.54) is 11.0 Å². The molecule has 0 aromatic heterocycles. The van der Waals surface area contributed by atoms with E-state index in [4.69, 9.17) is 9.47 Å². The van der Waals surface area contributed by atoms with Crippen molar-refractivity contribution in [2.45, 2.75) is 77.2 Å². The zero-order valence-corrected chi connectivity index (χ0v) is 21.1. The first-order chi connectivity index (χ1) is 16.4. The third-order valence-corrected chi connectivity index (χ3v) is 6.50. The molecule has 196 valence electrons. The van der Waals surface area contributed by atoms with Crippen LogP contribution in [0.5, 0.6) is 5.75 Å². The van der Waals surface area contributed by atoms with E-state index in [2.05, 4.69) is 5.32 Å². The molecule has 35 heavy (non-hydrogen) atoms. The quantitative estimate of drug-likeness (QED) is 0.524. The summed E-state index contributed by atoms with van der Waals surface area (Å²) in [5.41, 5.74) is -2.11. The van der Waals surface area contributed by atoms with Crippen molar-refractivity contribution in [3.8, 4) is 5.75 Å². The van der Waals surface area contributed by atoms with E-state index in [-0.39, 0.29) is 40.9 Å². The lowest BCUT2D eigenvalue weighted by molar-refractivity contribution is -0.139. The predicted molar refractivity (Wildman–Crippen MR) is 127 cm³/mol. The Morgan fingerprint density at radius 1 is 1.31 bits per heavy atom. The maximum absolute atomic E-state index is 14.1. The molecule has 10 heteroatoms. The van der Waals surface area contributed by atoms with Gasteiger partial charge in [0.05, 0.1) is 17.7 Å². The lowest BCUT2D eigenvalue weighted by atomic mass is 9.97. The number of unbranched alkanes of at least 4 members (excludes halogenated alkanes) is 1. The number of nitrogens with zero attached hydrogens (tertiary/aromatic N) is 2. The van der Waals surface area contributed by atoms with E-state index >= 15 is 0 Å². The molecule has 7 nitrogen and oxygen atoms in total. The van der Waals surface area contributed by atoms with Crippen LogP contribution in [-0.2, 0) is 26.9 Å². The summed E-state index contributed by atoms with van der Waals surface area (Å²) in [6, 6.07) is 2.04. The number of rotatable bonds is 9. The number of alkyl halides is 3. The number of amides is 2. The first-order valence-electron chi connectivity index (χ1n) is 12.1. The van der Waals surface area contributed by atoms with Crippen LogP contribution in [0.15, 0.2) is 12.1 Å². The summed E-state index contributed by atoms with van der Waals surface area (Å²) in [6.07, 6.45) is -3.03. The van der Waals surface area contributed by atoms with Gasteiger partial charge in [-0.05, 0) is 71.2 Å². The van der Waals surface area contributed by atoms with Gasteiger partial charge in [0.1, 0.15) is 5.75 Å². The smallest absolute Gasteiger partial charge is 0.416 e. The van der Waals surface area contributed by atoms with Gasteiger partial charge in [-0.2, -0.15) is 13.2 Å². The van der Waals surface area contributed by atoms with Crippen LogP contribution in [0.1, 0.15) is 58.1 Å². The maximum Gasteiger partial charge on any atom is 0.416 e. The molecule has 3 rings (SSSR count). The number of nitrogens with one attached hydrogen (secondary N) is 1. The summed E-state index contributed by atoms with van der Waals surface area (Å²) in [7, 11) is 1.59. The molecule has 0 radical (unpaired) electrons. The summed E-state index contributed by atoms with van der Waals surface area (Å²) >= 11 is 0. The second-order valence-corrected chi connectivity index (χ2v) is 9.96. The lowest BCUT2D eigenvalue weighted by Gasteiger charge is -2.39. The molecule has 1 saturated heterocycles. The molecule has 1 aromatic carbocycles. The molecule has 2 aliphatic rings. The first-order valence-corrected chi connectivity index (χ1v) is 12.1. The van der Waals surface area contributed by atoms with Crippen LogP contribution in [0, 0.1) is 0 Å². The number of fused-ring (bicyclic) bond motifs is 1. The van der Waals surface area contributed by atoms with E-state index < -0.39 is 23.8 Å². The molecule has 1 aromatic rings. The third-order valence-electron chi connectivity index (χ3n) is 6.50. The largest absolute Gasteiger partial charge is 0.476 e. The number of hydrogen-bond acceptors (Lipinski definition) is 5. The van der Waals surface area contributed by atoms with Crippen molar-refractivity contribution in [2.24, 2.45) is 0 Å². The summed E-state index contributed by atoms with van der Waals surface area (Å²) in [5, 5.41) is 3.21. The zero-order valence-electron chi connectivity index (χ0n) is 21.1. The highest BCUT2D eigenvalue weighted by Gasteiger charge is 2.44. The second kappa shape index (κ2) is 10.7. The van der Waals surface area contributed by atoms with Gasteiger partial charge in [-0.3, -0.25) is 9.59 Å². The monoisotopic (exact) mass is 499 g/mol. The van der Waals surface area contributed by atoms with E-state index in [1.54, 1.807) is 25.9 Å². The van der Waals surface area contributed by atoms with Crippen LogP contribution >= 0.6 is 0 Å². The van der Waals surface area contributed by atoms with Gasteiger partial charge in [-0.25, -0.2) is 0 Å². The summed E-state index contributed by atoms with van der Waals surface area (Å²) in [4.78, 5) is 29.6. The third kappa shape index (κ3) is 6.09. The Balaban J connectivity index is 2.00. The predicted octanol–water partition coefficient (Wildman–Crippen LogP) is 3.78. The minimum Gasteiger partial charge on any atom is -0.476 e. The fourth-order valence-electron chi connectivity index (χ4n) is 4.85. The van der Waals surface area contributed by atoms with Crippen molar-refractivity contribution in [3.05, 3.63) is 23.3 Å². The van der Waals surface area contributed by atoms with E-state index in [9.17, 15) is 22.8 Å². The normalized spacial score (nSPS) is 19.6. The standard InChI is InChI=1S/C25H36F3N3O4/c1-16(2)31(18-8-9-29-15-18)22(32)13-17-12-20-21(14-19(17)25(26,27)28)35-24(3,4)23(33)30(20)10-6-7-11-34-5/h12,14,16,18,29H,6-11,13,15H2,1-5H3. The van der Waals surface area contributed by atoms with Crippen LogP contribution in [0.25, 0.3) is 0 Å². The highest BCUT2D eigenvalue weighted by Crippen LogP contribution is 2.44. The number of ether oxygens (including phenoxy) is 2. The van der Waals surface area contributed by atoms with Crippen molar-refractivity contribution in [1.29, 1.82) is 0 Å². The van der Waals surface area contributed by atoms with Crippen LogP contribution in [-0.4, -0.2) is 67.7 Å². The van der Waals surface area contributed by atoms with Gasteiger partial charge in [0.15, 0.2) is 5.60 Å². The zero-order chi connectivity index (χ0) is 26.0. The van der Waals surface area contributed by atoms with Crippen molar-refractivity contribution >= 4 is 17.5 Å². The fourth-order valence-corrected chi connectivity index (χ4v) is 4.85. The first kappa shape index (κ1) is 27.3. The molecule has 2 amide bonds. The Hall–Kier alpha value is -2.33. The number of methoxy groups -OCH3 is 1. The average Bonchev–Trinajstić information content (AvgIpc) is 3.26. The Morgan fingerprint density at radius 2 is 2.03 bits per heavy atom. The number of benzene rings is 1. The van der Waals surface area contributed by atoms with Crippen molar-refractivity contribution in [3.63, 3.8) is 0 Å². The molecule has 0 spiro atoms. The minimum atomic E-state index is -4.68. The molecule has 1 N–H and O–H groups in total. The van der Waals surface area contributed by atoms with E-state index in [0.29, 0.717) is 32.5 Å². The molecule has 1 fully saturated rings. The SMILES string of the molecule is COCCCCN1C(=O)C(C)(C)Oc2cc(C(F)(F)F)c(CC(=O)N(C(C)C)C3CCNC3)cc21. The maximum atomic E-state index is 14.1. The number of anilines is 1. The molecule has 0 aliphatic carbocycles. The number of carbonyl (C=O) groups excluding carboxylic acids is 2. The van der Waals surface area contributed by atoms with Crippen LogP contribution in [0.4, 0.5) is 18.9 Å². The topological polar surface area (TPSA) is 71.1 Å². The summed E-state index contributed by atoms with van der Waals surface area (Å²) in [5.74, 6) is -0.708. The fraction of sp³-hybridized carbons (Fsp3) is 0.680. The van der Waals surface area contributed by atoms with Gasteiger partial charge in [0.25, 0.3) is 5.91 Å². The Kier molecular flexibility index (Phi) is 8.36. The molecule has 2 aliphatic heterocycles. The van der Waals surface area contributed by atoms with Crippen molar-refractivity contribution in [2.75, 3.05) is 38.3 Å². The van der Waals surface area contributed by atoms with Gasteiger partial charge >= 0.3 is 6.18 Å². The molecule has 2 heterocycles. The highest BCUT2D eigenvalue weighted by atomic mass is 19.4. The Labute approximate surface area is 204 Å². The average molecular weight is 500 g/mol. The molecular formula is C25H36F3N3O4. The van der Waals surface area contributed by atoms with Gasteiger partial charge in [0, 0.05) is 38.9 Å². The van der Waals surface area contributed by atoms with Gasteiger partial charge in [-0.15, -0.1) is 0 Å². The van der Waals surface area contributed by atoms with Crippen LogP contribution < -0.4 is 15.0 Å². The molecule has 0 bridgehead atoms. The second-order valence-electron chi connectivity index (χ2n) is 9.96. The van der Waals surface area contributed by atoms with Crippen LogP contribution in [0.3, 0.4) is 0 Å². The Morgan fingerprint density at radius 3 is 2.60 bits per heavy atom. The minimum absolute atomic E-state index is 0.00873. The number of carbonyl (C=O) groups is 2. The van der Waals surface area contributed by atoms with Crippen molar-refractivity contribution in [1.82, 2.24) is 10.2 Å². The molecule has 1 atom stereocenters. The highest BCUT2D eigenvalue weighted by molar-refractivity contribution is 6.02. The number of hydrogen-bond donors (Lipinski definition) is 1. The molecule has 1 unspecified atom stereocenters. The summed E-state index contributed by atoms with van der Waals surface area (Å²) in [6.45, 7) is 9.03. The van der Waals surface area contributed by atoms with Crippen molar-refractivity contribution < 1.29 is 32.2 Å². The van der Waals surface area contributed by atoms with Gasteiger partial charge in [-0.1, -0.05) is 0 Å². The van der Waals surface area contributed by atoms with Crippen LogP contribution in [0.2, 0.25) is 0 Å². The van der Waals surface area contributed by atoms with E-state index in [1.807, 2.05) is 13.8 Å². The van der Waals surface area contributed by atoms with Gasteiger partial charge in [0.2, 0.25) is 5.91 Å². The number of halogens is 3. The van der Waals surface area contributed by atoms with E-state index in [0.717, 1.165) is 19.0 Å².